The molecule has 2 fully saturated rings. The quantitative estimate of drug-likeness (QED) is 0.770. The maximum Gasteiger partial charge on any atom is 0.253 e. The summed E-state index contributed by atoms with van der Waals surface area (Å²) >= 11 is 1.80. The van der Waals surface area contributed by atoms with E-state index in [4.69, 9.17) is 0 Å². The van der Waals surface area contributed by atoms with Gasteiger partial charge >= 0.3 is 0 Å². The number of hydrogen-bond acceptors (Lipinski definition) is 3. The molecule has 136 valence electrons. The fourth-order valence-corrected chi connectivity index (χ4v) is 4.22. The maximum absolute atomic E-state index is 12.8. The molecule has 0 aromatic heterocycles. The van der Waals surface area contributed by atoms with Crippen LogP contribution in [-0.2, 0) is 4.79 Å². The summed E-state index contributed by atoms with van der Waals surface area (Å²) in [7, 11) is 0. The molecule has 2 amide bonds. The van der Waals surface area contributed by atoms with Crippen molar-refractivity contribution < 1.29 is 9.59 Å². The van der Waals surface area contributed by atoms with Crippen LogP contribution in [0.5, 0.6) is 0 Å². The van der Waals surface area contributed by atoms with Gasteiger partial charge in [-0.2, -0.15) is 0 Å². The van der Waals surface area contributed by atoms with Crippen LogP contribution in [0.15, 0.2) is 29.2 Å². The van der Waals surface area contributed by atoms with Crippen LogP contribution in [0.4, 0.5) is 0 Å². The molecule has 0 atom stereocenters. The topological polar surface area (TPSA) is 40.6 Å². The fraction of sp³-hybridized carbons (Fsp3) is 0.600. The summed E-state index contributed by atoms with van der Waals surface area (Å²) in [6.07, 6.45) is 4.13. The third-order valence-electron chi connectivity index (χ3n) is 5.02. The van der Waals surface area contributed by atoms with Gasteiger partial charge < -0.3 is 9.80 Å². The molecule has 0 spiro atoms. The van der Waals surface area contributed by atoms with Crippen LogP contribution in [0.1, 0.15) is 49.9 Å². The molecule has 4 nitrogen and oxygen atoms in total. The Labute approximate surface area is 154 Å². The molecule has 1 aliphatic heterocycles. The van der Waals surface area contributed by atoms with Crippen molar-refractivity contribution in [3.63, 3.8) is 0 Å². The van der Waals surface area contributed by atoms with Crippen LogP contribution in [0.3, 0.4) is 0 Å². The first kappa shape index (κ1) is 18.3. The standard InChI is InChI=1S/C20H28N2O2S/c1-15(2)25-18-9-7-17(8-10-18)20(24)22-12-4-11-21(13-14-22)19(23)16-5-3-6-16/h7-10,15-16H,3-6,11-14H2,1-2H3. The van der Waals surface area contributed by atoms with E-state index in [0.717, 1.165) is 37.9 Å². The molecule has 0 radical (unpaired) electrons. The number of amides is 2. The minimum atomic E-state index is 0.0824. The van der Waals surface area contributed by atoms with Crippen LogP contribution >= 0.6 is 11.8 Å². The van der Waals surface area contributed by atoms with Crippen molar-refractivity contribution in [2.24, 2.45) is 5.92 Å². The number of rotatable bonds is 4. The van der Waals surface area contributed by atoms with E-state index in [1.54, 1.807) is 11.8 Å². The number of carbonyl (C=O) groups excluding carboxylic acids is 2. The molecule has 1 aromatic rings. The lowest BCUT2D eigenvalue weighted by atomic mass is 9.84. The lowest BCUT2D eigenvalue weighted by Gasteiger charge is -2.31. The Kier molecular flexibility index (Phi) is 6.05. The van der Waals surface area contributed by atoms with E-state index in [9.17, 15) is 9.59 Å². The predicted octanol–water partition coefficient (Wildman–Crippen LogP) is 3.66. The van der Waals surface area contributed by atoms with Gasteiger partial charge in [0, 0.05) is 47.8 Å². The molecule has 5 heteroatoms. The Bertz CT molecular complexity index is 611. The molecular weight excluding hydrogens is 332 g/mol. The average Bonchev–Trinajstić information content (AvgIpc) is 2.78. The summed E-state index contributed by atoms with van der Waals surface area (Å²) in [6, 6.07) is 7.91. The number of carbonyl (C=O) groups is 2. The van der Waals surface area contributed by atoms with Gasteiger partial charge in [-0.25, -0.2) is 0 Å². The Morgan fingerprint density at radius 2 is 1.60 bits per heavy atom. The van der Waals surface area contributed by atoms with E-state index in [-0.39, 0.29) is 11.8 Å². The number of thioether (sulfide) groups is 1. The minimum Gasteiger partial charge on any atom is -0.341 e. The molecule has 25 heavy (non-hydrogen) atoms. The molecular formula is C20H28N2O2S. The Hall–Kier alpha value is -1.49. The van der Waals surface area contributed by atoms with Gasteiger partial charge in [0.25, 0.3) is 5.91 Å². The van der Waals surface area contributed by atoms with E-state index >= 15 is 0 Å². The summed E-state index contributed by atoms with van der Waals surface area (Å²) in [5, 5.41) is 0.534. The van der Waals surface area contributed by atoms with Crippen molar-refractivity contribution in [1.29, 1.82) is 0 Å². The van der Waals surface area contributed by atoms with Gasteiger partial charge in [-0.15, -0.1) is 11.8 Å². The molecule has 2 aliphatic rings. The highest BCUT2D eigenvalue weighted by atomic mass is 32.2. The largest absolute Gasteiger partial charge is 0.341 e. The van der Waals surface area contributed by atoms with Crippen molar-refractivity contribution in [2.75, 3.05) is 26.2 Å². The average molecular weight is 361 g/mol. The lowest BCUT2D eigenvalue weighted by Crippen LogP contribution is -2.41. The minimum absolute atomic E-state index is 0.0824. The molecule has 0 bridgehead atoms. The monoisotopic (exact) mass is 360 g/mol. The van der Waals surface area contributed by atoms with Gasteiger partial charge in [-0.1, -0.05) is 20.3 Å². The second-order valence-electron chi connectivity index (χ2n) is 7.29. The SMILES string of the molecule is CC(C)Sc1ccc(C(=O)N2CCCN(C(=O)C3CCC3)CC2)cc1. The van der Waals surface area contributed by atoms with E-state index in [2.05, 4.69) is 13.8 Å². The number of hydrogen-bond donors (Lipinski definition) is 0. The third kappa shape index (κ3) is 4.57. The molecule has 1 aromatic carbocycles. The first-order chi connectivity index (χ1) is 12.0. The highest BCUT2D eigenvalue weighted by Gasteiger charge is 2.31. The van der Waals surface area contributed by atoms with Crippen LogP contribution in [0.2, 0.25) is 0 Å². The van der Waals surface area contributed by atoms with Gasteiger partial charge in [-0.3, -0.25) is 9.59 Å². The van der Waals surface area contributed by atoms with Crippen LogP contribution in [0, 0.1) is 5.92 Å². The van der Waals surface area contributed by atoms with Gasteiger partial charge in [-0.05, 0) is 43.5 Å². The third-order valence-corrected chi connectivity index (χ3v) is 6.04. The van der Waals surface area contributed by atoms with Crippen molar-refractivity contribution in [3.8, 4) is 0 Å². The second kappa shape index (κ2) is 8.26. The van der Waals surface area contributed by atoms with E-state index in [1.165, 1.54) is 11.3 Å². The zero-order valence-electron chi connectivity index (χ0n) is 15.2. The molecule has 0 N–H and O–H groups in total. The number of nitrogens with zero attached hydrogens (tertiary/aromatic N) is 2. The maximum atomic E-state index is 12.8. The first-order valence-electron chi connectivity index (χ1n) is 9.39. The van der Waals surface area contributed by atoms with E-state index < -0.39 is 0 Å². The van der Waals surface area contributed by atoms with Crippen LogP contribution in [-0.4, -0.2) is 53.0 Å². The summed E-state index contributed by atoms with van der Waals surface area (Å²) < 4.78 is 0. The Morgan fingerprint density at radius 1 is 0.960 bits per heavy atom. The van der Waals surface area contributed by atoms with Crippen molar-refractivity contribution in [1.82, 2.24) is 9.80 Å². The van der Waals surface area contributed by atoms with Crippen LogP contribution < -0.4 is 0 Å². The molecule has 1 saturated carbocycles. The summed E-state index contributed by atoms with van der Waals surface area (Å²) in [5.74, 6) is 0.628. The van der Waals surface area contributed by atoms with E-state index in [1.807, 2.05) is 34.1 Å². The van der Waals surface area contributed by atoms with E-state index in [0.29, 0.717) is 24.2 Å². The molecule has 1 heterocycles. The molecule has 1 aliphatic carbocycles. The molecule has 1 saturated heterocycles. The Balaban J connectivity index is 1.58. The normalized spacial score (nSPS) is 18.8. The fourth-order valence-electron chi connectivity index (χ4n) is 3.39. The highest BCUT2D eigenvalue weighted by molar-refractivity contribution is 7.99. The zero-order valence-corrected chi connectivity index (χ0v) is 16.1. The summed E-state index contributed by atoms with van der Waals surface area (Å²) in [6.45, 7) is 7.15. The lowest BCUT2D eigenvalue weighted by molar-refractivity contribution is -0.138. The predicted molar refractivity (Wildman–Crippen MR) is 102 cm³/mol. The zero-order chi connectivity index (χ0) is 17.8. The van der Waals surface area contributed by atoms with Gasteiger partial charge in [0.1, 0.15) is 0 Å². The molecule has 0 unspecified atom stereocenters. The van der Waals surface area contributed by atoms with Gasteiger partial charge in [0.2, 0.25) is 5.91 Å². The van der Waals surface area contributed by atoms with Crippen molar-refractivity contribution in [2.45, 2.75) is 49.7 Å². The van der Waals surface area contributed by atoms with Crippen molar-refractivity contribution >= 4 is 23.6 Å². The summed E-state index contributed by atoms with van der Waals surface area (Å²) in [5.41, 5.74) is 0.742. The number of benzene rings is 1. The van der Waals surface area contributed by atoms with Crippen molar-refractivity contribution in [3.05, 3.63) is 29.8 Å². The second-order valence-corrected chi connectivity index (χ2v) is 8.94. The Morgan fingerprint density at radius 3 is 2.20 bits per heavy atom. The molecule has 3 rings (SSSR count). The first-order valence-corrected chi connectivity index (χ1v) is 10.3. The highest BCUT2D eigenvalue weighted by Crippen LogP contribution is 2.28. The van der Waals surface area contributed by atoms with Gasteiger partial charge in [0.15, 0.2) is 0 Å². The van der Waals surface area contributed by atoms with Gasteiger partial charge in [0.05, 0.1) is 0 Å². The van der Waals surface area contributed by atoms with Crippen LogP contribution in [0.25, 0.3) is 0 Å². The smallest absolute Gasteiger partial charge is 0.253 e. The summed E-state index contributed by atoms with van der Waals surface area (Å²) in [4.78, 5) is 30.3.